The Morgan fingerprint density at radius 3 is 2.85 bits per heavy atom. The zero-order chi connectivity index (χ0) is 24.4. The number of carbonyl (C=O) groups is 1. The molecule has 8 nitrogen and oxygen atoms in total. The van der Waals surface area contributed by atoms with Gasteiger partial charge in [0.05, 0.1) is 41.7 Å². The second-order valence-corrected chi connectivity index (χ2v) is 9.90. The van der Waals surface area contributed by atoms with E-state index in [0.717, 1.165) is 12.0 Å². The Bertz CT molecular complexity index is 915. The van der Waals surface area contributed by atoms with Crippen LogP contribution in [0, 0.1) is 0 Å². The molecule has 0 aliphatic carbocycles. The molecule has 33 heavy (non-hydrogen) atoms. The number of likely N-dealkylation sites (N-methyl/N-ethyl adjacent to an activating group) is 1. The highest BCUT2D eigenvalue weighted by Gasteiger charge is 2.53. The summed E-state index contributed by atoms with van der Waals surface area (Å²) in [4.78, 5) is 20.0. The van der Waals surface area contributed by atoms with Gasteiger partial charge < -0.3 is 26.2 Å². The van der Waals surface area contributed by atoms with Gasteiger partial charge in [0, 0.05) is 25.1 Å². The molecule has 1 aromatic rings. The summed E-state index contributed by atoms with van der Waals surface area (Å²) in [5, 5.41) is 17.6. The molecule has 2 heterocycles. The summed E-state index contributed by atoms with van der Waals surface area (Å²) in [7, 11) is 1.93. The molecule has 1 amide bonds. The number of ether oxygens (including phenoxy) is 1. The van der Waals surface area contributed by atoms with Crippen LogP contribution in [-0.2, 0) is 5.41 Å². The Morgan fingerprint density at radius 2 is 2.18 bits per heavy atom. The van der Waals surface area contributed by atoms with Gasteiger partial charge in [0.2, 0.25) is 0 Å². The molecule has 0 aromatic heterocycles. The summed E-state index contributed by atoms with van der Waals surface area (Å²) >= 11 is 0. The lowest BCUT2D eigenvalue weighted by Crippen LogP contribution is -2.59. The summed E-state index contributed by atoms with van der Waals surface area (Å²) in [6, 6.07) is 4.90. The molecule has 2 aliphatic rings. The van der Waals surface area contributed by atoms with Gasteiger partial charge in [0.15, 0.2) is 0 Å². The van der Waals surface area contributed by atoms with Gasteiger partial charge in [-0.1, -0.05) is 39.5 Å². The third-order valence-corrected chi connectivity index (χ3v) is 7.37. The highest BCUT2D eigenvalue weighted by atomic mass is 16.5. The smallest absolute Gasteiger partial charge is 0.255 e. The molecule has 8 heteroatoms. The molecule has 0 saturated carbocycles. The number of fused-ring (bicyclic) bond motifs is 1. The third-order valence-electron chi connectivity index (χ3n) is 7.37. The van der Waals surface area contributed by atoms with Crippen LogP contribution in [0.4, 0.5) is 0 Å². The van der Waals surface area contributed by atoms with Crippen LogP contribution in [0.25, 0.3) is 0 Å². The van der Waals surface area contributed by atoms with E-state index in [4.69, 9.17) is 10.5 Å². The highest BCUT2D eigenvalue weighted by molar-refractivity contribution is 5.97. The van der Waals surface area contributed by atoms with Crippen LogP contribution in [-0.4, -0.2) is 72.2 Å². The van der Waals surface area contributed by atoms with Gasteiger partial charge in [-0.2, -0.15) is 0 Å². The molecule has 0 spiro atoms. The van der Waals surface area contributed by atoms with Crippen molar-refractivity contribution in [2.75, 3.05) is 26.7 Å². The van der Waals surface area contributed by atoms with Gasteiger partial charge in [-0.05, 0) is 38.1 Å². The molecule has 4 atom stereocenters. The zero-order valence-corrected chi connectivity index (χ0v) is 20.5. The standard InChI is InChI=1S/C25H39N5O3/c1-7-20(26)29-19(14-27-8-2)25(5)22(31)18(15-30(25)6)28-23(32)16-10-9-11-17-21(16)33-13-12-24(17,3)4/h8-11,18-19,22,27,31H,2,7,12-15H2,1,3-6H3,(H2,26,29)(H,28,32)/t18-,19?,22-,25+/m1/s1. The first-order valence-corrected chi connectivity index (χ1v) is 11.7. The van der Waals surface area contributed by atoms with E-state index < -0.39 is 17.7 Å². The van der Waals surface area contributed by atoms with Crippen LogP contribution in [0.2, 0.25) is 0 Å². The molecule has 1 aromatic carbocycles. The molecule has 1 unspecified atom stereocenters. The largest absolute Gasteiger partial charge is 0.492 e. The maximum atomic E-state index is 13.3. The van der Waals surface area contributed by atoms with Crippen molar-refractivity contribution in [3.63, 3.8) is 0 Å². The third kappa shape index (κ3) is 4.73. The molecule has 0 radical (unpaired) electrons. The maximum Gasteiger partial charge on any atom is 0.255 e. The van der Waals surface area contributed by atoms with E-state index in [9.17, 15) is 9.90 Å². The van der Waals surface area contributed by atoms with Crippen molar-refractivity contribution in [2.45, 2.75) is 69.7 Å². The minimum absolute atomic E-state index is 0.0574. The average molecular weight is 458 g/mol. The number of amides is 1. The number of nitrogens with one attached hydrogen (secondary N) is 2. The van der Waals surface area contributed by atoms with Crippen LogP contribution < -0.4 is 21.1 Å². The fourth-order valence-corrected chi connectivity index (χ4v) is 4.86. The van der Waals surface area contributed by atoms with E-state index >= 15 is 0 Å². The number of aliphatic imine (C=N–C) groups is 1. The van der Waals surface area contributed by atoms with Crippen LogP contribution in [0.1, 0.15) is 56.5 Å². The van der Waals surface area contributed by atoms with Gasteiger partial charge in [-0.3, -0.25) is 14.7 Å². The van der Waals surface area contributed by atoms with Crippen molar-refractivity contribution in [3.8, 4) is 5.75 Å². The lowest BCUT2D eigenvalue weighted by molar-refractivity contribution is 0.0272. The first kappa shape index (κ1) is 25.1. The summed E-state index contributed by atoms with van der Waals surface area (Å²) in [6.07, 6.45) is 2.27. The number of hydrogen-bond acceptors (Lipinski definition) is 6. The number of hydrogen-bond donors (Lipinski definition) is 4. The quantitative estimate of drug-likeness (QED) is 0.350. The van der Waals surface area contributed by atoms with Crippen molar-refractivity contribution >= 4 is 11.7 Å². The first-order chi connectivity index (χ1) is 15.6. The van der Waals surface area contributed by atoms with Gasteiger partial charge in [0.1, 0.15) is 5.75 Å². The van der Waals surface area contributed by atoms with E-state index in [0.29, 0.717) is 43.3 Å². The van der Waals surface area contributed by atoms with Crippen molar-refractivity contribution < 1.29 is 14.6 Å². The number of nitrogens with two attached hydrogens (primary N) is 1. The molecular weight excluding hydrogens is 418 g/mol. The van der Waals surface area contributed by atoms with Crippen molar-refractivity contribution in [2.24, 2.45) is 10.7 Å². The minimum Gasteiger partial charge on any atom is -0.492 e. The number of carbonyl (C=O) groups excluding carboxylic acids is 1. The van der Waals surface area contributed by atoms with Crippen LogP contribution in [0.3, 0.4) is 0 Å². The number of aliphatic hydroxyl groups is 1. The Morgan fingerprint density at radius 1 is 1.45 bits per heavy atom. The van der Waals surface area contributed by atoms with Gasteiger partial charge in [0.25, 0.3) is 5.91 Å². The predicted molar refractivity (Wildman–Crippen MR) is 132 cm³/mol. The molecule has 3 rings (SSSR count). The fourth-order valence-electron chi connectivity index (χ4n) is 4.86. The lowest BCUT2D eigenvalue weighted by atomic mass is 9.79. The van der Waals surface area contributed by atoms with E-state index in [-0.39, 0.29) is 17.4 Å². The Labute approximate surface area is 197 Å². The normalized spacial score (nSPS) is 27.9. The molecule has 1 saturated heterocycles. The zero-order valence-electron chi connectivity index (χ0n) is 20.5. The Balaban J connectivity index is 1.85. The number of nitrogens with zero attached hydrogens (tertiary/aromatic N) is 2. The number of rotatable bonds is 8. The highest BCUT2D eigenvalue weighted by Crippen LogP contribution is 2.40. The van der Waals surface area contributed by atoms with E-state index in [1.165, 1.54) is 0 Å². The number of aliphatic hydroxyl groups excluding tert-OH is 1. The number of benzene rings is 1. The second-order valence-electron chi connectivity index (χ2n) is 9.90. The number of para-hydroxylation sites is 1. The molecule has 1 fully saturated rings. The van der Waals surface area contributed by atoms with Gasteiger partial charge >= 0.3 is 0 Å². The predicted octanol–water partition coefficient (Wildman–Crippen LogP) is 1.78. The van der Waals surface area contributed by atoms with Crippen LogP contribution in [0.5, 0.6) is 5.75 Å². The summed E-state index contributed by atoms with van der Waals surface area (Å²) in [5.74, 6) is 0.919. The first-order valence-electron chi connectivity index (χ1n) is 11.7. The van der Waals surface area contributed by atoms with Crippen molar-refractivity contribution in [1.29, 1.82) is 0 Å². The molecule has 0 bridgehead atoms. The number of amidine groups is 1. The molecule has 5 N–H and O–H groups in total. The van der Waals surface area contributed by atoms with E-state index in [1.54, 1.807) is 12.3 Å². The SMILES string of the molecule is C=CNCC(N=C(N)CC)[C@@]1(C)[C@H](O)[C@H](NC(=O)c2cccc3c2OCCC3(C)C)CN1C. The average Bonchev–Trinajstić information content (AvgIpc) is 2.99. The van der Waals surface area contributed by atoms with Crippen molar-refractivity contribution in [1.82, 2.24) is 15.5 Å². The molecule has 2 aliphatic heterocycles. The second kappa shape index (κ2) is 9.73. The number of likely N-dealkylation sites (tertiary alicyclic amines) is 1. The van der Waals surface area contributed by atoms with Crippen LogP contribution in [0.15, 0.2) is 36.0 Å². The summed E-state index contributed by atoms with van der Waals surface area (Å²) in [6.45, 7) is 13.5. The van der Waals surface area contributed by atoms with Gasteiger partial charge in [-0.15, -0.1) is 0 Å². The minimum atomic E-state index is -0.853. The van der Waals surface area contributed by atoms with Gasteiger partial charge in [-0.25, -0.2) is 0 Å². The summed E-state index contributed by atoms with van der Waals surface area (Å²) in [5.41, 5.74) is 6.80. The maximum absolute atomic E-state index is 13.3. The Hall–Kier alpha value is -2.58. The lowest BCUT2D eigenvalue weighted by Gasteiger charge is -2.40. The van der Waals surface area contributed by atoms with E-state index in [2.05, 4.69) is 36.1 Å². The monoisotopic (exact) mass is 457 g/mol. The topological polar surface area (TPSA) is 112 Å². The van der Waals surface area contributed by atoms with Crippen LogP contribution >= 0.6 is 0 Å². The fraction of sp³-hybridized carbons (Fsp3) is 0.600. The summed E-state index contributed by atoms with van der Waals surface area (Å²) < 4.78 is 5.92. The van der Waals surface area contributed by atoms with E-state index in [1.807, 2.05) is 37.9 Å². The molecular formula is C25H39N5O3. The molecule has 182 valence electrons. The Kier molecular flexibility index (Phi) is 7.39. The van der Waals surface area contributed by atoms with Crippen molar-refractivity contribution in [3.05, 3.63) is 42.1 Å².